The minimum atomic E-state index is -0.837. The van der Waals surface area contributed by atoms with Crippen LogP contribution in [0.25, 0.3) is 0 Å². The highest BCUT2D eigenvalue weighted by molar-refractivity contribution is 9.10. The van der Waals surface area contributed by atoms with Gasteiger partial charge in [0.25, 0.3) is 0 Å². The van der Waals surface area contributed by atoms with Crippen LogP contribution in [-0.4, -0.2) is 7.11 Å². The van der Waals surface area contributed by atoms with Gasteiger partial charge in [0.15, 0.2) is 11.6 Å². The van der Waals surface area contributed by atoms with Crippen molar-refractivity contribution in [2.75, 3.05) is 12.4 Å². The molecule has 0 heterocycles. The molecule has 106 valence electrons. The summed E-state index contributed by atoms with van der Waals surface area (Å²) in [5.41, 5.74) is 2.55. The van der Waals surface area contributed by atoms with Gasteiger partial charge in [-0.1, -0.05) is 28.1 Å². The fourth-order valence-corrected chi connectivity index (χ4v) is 2.34. The maximum absolute atomic E-state index is 13.1. The Bertz CT molecular complexity index is 604. The summed E-state index contributed by atoms with van der Waals surface area (Å²) in [6.07, 6.45) is 0. The average Bonchev–Trinajstić information content (AvgIpc) is 2.43. The van der Waals surface area contributed by atoms with E-state index < -0.39 is 11.6 Å². The molecule has 1 N–H and O–H groups in total. The van der Waals surface area contributed by atoms with E-state index in [9.17, 15) is 8.78 Å². The van der Waals surface area contributed by atoms with Crippen molar-refractivity contribution >= 4 is 21.6 Å². The summed E-state index contributed by atoms with van der Waals surface area (Å²) in [6, 6.07) is 9.62. The molecule has 0 bridgehead atoms. The molecule has 0 saturated heterocycles. The second-order valence-electron chi connectivity index (χ2n) is 4.30. The largest absolute Gasteiger partial charge is 0.381 e. The lowest BCUT2D eigenvalue weighted by Crippen LogP contribution is -2.04. The van der Waals surface area contributed by atoms with Crippen molar-refractivity contribution in [3.8, 4) is 0 Å². The summed E-state index contributed by atoms with van der Waals surface area (Å²) >= 11 is 3.47. The van der Waals surface area contributed by atoms with Gasteiger partial charge in [0.2, 0.25) is 0 Å². The Morgan fingerprint density at radius 1 is 1.15 bits per heavy atom. The van der Waals surface area contributed by atoms with Crippen LogP contribution in [0.3, 0.4) is 0 Å². The van der Waals surface area contributed by atoms with Crippen molar-refractivity contribution in [3.63, 3.8) is 0 Å². The molecule has 2 nitrogen and oxygen atoms in total. The number of halogens is 3. The number of hydrogen-bond acceptors (Lipinski definition) is 2. The van der Waals surface area contributed by atoms with Gasteiger partial charge in [0.1, 0.15) is 0 Å². The van der Waals surface area contributed by atoms with E-state index in [1.54, 1.807) is 13.2 Å². The van der Waals surface area contributed by atoms with E-state index in [0.717, 1.165) is 21.8 Å². The molecular formula is C15H14BrF2NO. The van der Waals surface area contributed by atoms with Crippen molar-refractivity contribution in [2.24, 2.45) is 0 Å². The third kappa shape index (κ3) is 3.55. The first kappa shape index (κ1) is 14.9. The fourth-order valence-electron chi connectivity index (χ4n) is 1.86. The third-order valence-corrected chi connectivity index (χ3v) is 3.62. The van der Waals surface area contributed by atoms with Crippen molar-refractivity contribution in [1.29, 1.82) is 0 Å². The van der Waals surface area contributed by atoms with Gasteiger partial charge in [0, 0.05) is 29.4 Å². The van der Waals surface area contributed by atoms with Crippen LogP contribution in [0.4, 0.5) is 14.5 Å². The molecule has 5 heteroatoms. The zero-order chi connectivity index (χ0) is 14.5. The van der Waals surface area contributed by atoms with Gasteiger partial charge in [-0.25, -0.2) is 8.78 Å². The lowest BCUT2D eigenvalue weighted by Gasteiger charge is -2.13. The zero-order valence-electron chi connectivity index (χ0n) is 10.9. The van der Waals surface area contributed by atoms with E-state index >= 15 is 0 Å². The van der Waals surface area contributed by atoms with Crippen LogP contribution in [0.5, 0.6) is 0 Å². The standard InChI is InChI=1S/C15H14BrF2NO/c1-20-9-11-12(16)3-2-4-15(11)19-8-10-5-6-13(17)14(18)7-10/h2-7,19H,8-9H2,1H3. The van der Waals surface area contributed by atoms with Gasteiger partial charge in [0.05, 0.1) is 6.61 Å². The second-order valence-corrected chi connectivity index (χ2v) is 5.16. The van der Waals surface area contributed by atoms with Crippen LogP contribution in [0.15, 0.2) is 40.9 Å². The smallest absolute Gasteiger partial charge is 0.159 e. The zero-order valence-corrected chi connectivity index (χ0v) is 12.5. The fraction of sp³-hybridized carbons (Fsp3) is 0.200. The summed E-state index contributed by atoms with van der Waals surface area (Å²) < 4.78 is 32.1. The number of methoxy groups -OCH3 is 1. The van der Waals surface area contributed by atoms with Crippen LogP contribution in [0.2, 0.25) is 0 Å². The molecule has 20 heavy (non-hydrogen) atoms. The molecular weight excluding hydrogens is 328 g/mol. The normalized spacial score (nSPS) is 10.6. The van der Waals surface area contributed by atoms with Crippen LogP contribution in [-0.2, 0) is 17.9 Å². The van der Waals surface area contributed by atoms with Crippen molar-refractivity contribution < 1.29 is 13.5 Å². The minimum Gasteiger partial charge on any atom is -0.381 e. The Labute approximate surface area is 124 Å². The number of anilines is 1. The van der Waals surface area contributed by atoms with Crippen LogP contribution >= 0.6 is 15.9 Å². The highest BCUT2D eigenvalue weighted by Crippen LogP contribution is 2.26. The van der Waals surface area contributed by atoms with E-state index in [-0.39, 0.29) is 0 Å². The molecule has 0 atom stereocenters. The van der Waals surface area contributed by atoms with Crippen molar-refractivity contribution in [3.05, 3.63) is 63.6 Å². The molecule has 2 aromatic rings. The van der Waals surface area contributed by atoms with Gasteiger partial charge in [-0.2, -0.15) is 0 Å². The van der Waals surface area contributed by atoms with E-state index in [1.807, 2.05) is 18.2 Å². The molecule has 0 aliphatic heterocycles. The molecule has 0 unspecified atom stereocenters. The van der Waals surface area contributed by atoms with Gasteiger partial charge in [-0.3, -0.25) is 0 Å². The van der Waals surface area contributed by atoms with Gasteiger partial charge >= 0.3 is 0 Å². The van der Waals surface area contributed by atoms with Crippen LogP contribution in [0, 0.1) is 11.6 Å². The summed E-state index contributed by atoms with van der Waals surface area (Å²) in [4.78, 5) is 0. The molecule has 2 aromatic carbocycles. The lowest BCUT2D eigenvalue weighted by atomic mass is 10.1. The molecule has 0 saturated carbocycles. The van der Waals surface area contributed by atoms with Crippen LogP contribution < -0.4 is 5.32 Å². The topological polar surface area (TPSA) is 21.3 Å². The van der Waals surface area contributed by atoms with Gasteiger partial charge in [-0.15, -0.1) is 0 Å². The number of hydrogen-bond donors (Lipinski definition) is 1. The predicted octanol–water partition coefficient (Wildman–Crippen LogP) is 4.49. The van der Waals surface area contributed by atoms with Gasteiger partial charge in [-0.05, 0) is 29.8 Å². The van der Waals surface area contributed by atoms with E-state index in [1.165, 1.54) is 6.07 Å². The quantitative estimate of drug-likeness (QED) is 0.865. The maximum Gasteiger partial charge on any atom is 0.159 e. The highest BCUT2D eigenvalue weighted by Gasteiger charge is 2.07. The van der Waals surface area contributed by atoms with Crippen molar-refractivity contribution in [2.45, 2.75) is 13.2 Å². The average molecular weight is 342 g/mol. The lowest BCUT2D eigenvalue weighted by molar-refractivity contribution is 0.185. The molecule has 2 rings (SSSR count). The molecule has 0 fully saturated rings. The predicted molar refractivity (Wildman–Crippen MR) is 78.5 cm³/mol. The number of benzene rings is 2. The maximum atomic E-state index is 13.1. The molecule has 0 aliphatic carbocycles. The highest BCUT2D eigenvalue weighted by atomic mass is 79.9. The Balaban J connectivity index is 2.14. The van der Waals surface area contributed by atoms with Gasteiger partial charge < -0.3 is 10.1 Å². The minimum absolute atomic E-state index is 0.407. The van der Waals surface area contributed by atoms with Crippen molar-refractivity contribution in [1.82, 2.24) is 0 Å². The van der Waals surface area contributed by atoms with E-state index in [2.05, 4.69) is 21.2 Å². The number of ether oxygens (including phenoxy) is 1. The van der Waals surface area contributed by atoms with E-state index in [0.29, 0.717) is 18.7 Å². The second kappa shape index (κ2) is 6.81. The summed E-state index contributed by atoms with van der Waals surface area (Å²) in [6.45, 7) is 0.867. The molecule has 0 amide bonds. The summed E-state index contributed by atoms with van der Waals surface area (Å²) in [7, 11) is 1.62. The Hall–Kier alpha value is -1.46. The molecule has 0 aromatic heterocycles. The third-order valence-electron chi connectivity index (χ3n) is 2.87. The van der Waals surface area contributed by atoms with E-state index in [4.69, 9.17) is 4.74 Å². The monoisotopic (exact) mass is 341 g/mol. The van der Waals surface area contributed by atoms with Crippen LogP contribution in [0.1, 0.15) is 11.1 Å². The Morgan fingerprint density at radius 2 is 1.95 bits per heavy atom. The first-order valence-corrected chi connectivity index (χ1v) is 6.85. The molecule has 0 spiro atoms. The Kier molecular flexibility index (Phi) is 5.09. The Morgan fingerprint density at radius 3 is 2.65 bits per heavy atom. The molecule has 0 radical (unpaired) electrons. The number of rotatable bonds is 5. The first-order valence-electron chi connectivity index (χ1n) is 6.06. The molecule has 0 aliphatic rings. The first-order chi connectivity index (χ1) is 9.61. The number of nitrogens with one attached hydrogen (secondary N) is 1. The SMILES string of the molecule is COCc1c(Br)cccc1NCc1ccc(F)c(F)c1. The summed E-state index contributed by atoms with van der Waals surface area (Å²) in [5, 5.41) is 3.20. The summed E-state index contributed by atoms with van der Waals surface area (Å²) in [5.74, 6) is -1.67.